The molecule has 3 aromatic rings. The number of hydrogen-bond acceptors (Lipinski definition) is 9. The second-order valence-corrected chi connectivity index (χ2v) is 9.82. The fraction of sp³-hybridized carbons (Fsp3) is 0.583. The minimum absolute atomic E-state index is 0.136. The summed E-state index contributed by atoms with van der Waals surface area (Å²) in [5.74, 6) is 1.13. The molecule has 0 aromatic carbocycles. The zero-order valence-corrected chi connectivity index (χ0v) is 20.4. The predicted molar refractivity (Wildman–Crippen MR) is 132 cm³/mol. The SMILES string of the molecule is Cc1cc(Nc2nc(O[C@H]3CC[C@H](N4CCOCC4)CC3)c3c(ccn3CCCC#N)n2)sn1. The Balaban J connectivity index is 1.35. The molecule has 0 radical (unpaired) electrons. The van der Waals surface area contributed by atoms with Crippen LogP contribution in [0.4, 0.5) is 10.9 Å². The van der Waals surface area contributed by atoms with E-state index in [-0.39, 0.29) is 6.10 Å². The summed E-state index contributed by atoms with van der Waals surface area (Å²) in [4.78, 5) is 12.1. The molecule has 1 saturated heterocycles. The lowest BCUT2D eigenvalue weighted by Gasteiger charge is -2.38. The first-order valence-electron chi connectivity index (χ1n) is 12.1. The van der Waals surface area contributed by atoms with Crippen molar-refractivity contribution in [3.8, 4) is 11.9 Å². The Kier molecular flexibility index (Phi) is 7.23. The molecule has 2 fully saturated rings. The van der Waals surface area contributed by atoms with Crippen molar-refractivity contribution < 1.29 is 9.47 Å². The number of fused-ring (bicyclic) bond motifs is 1. The summed E-state index contributed by atoms with van der Waals surface area (Å²) in [6.45, 7) is 6.45. The number of hydrogen-bond donors (Lipinski definition) is 1. The summed E-state index contributed by atoms with van der Waals surface area (Å²) in [5.41, 5.74) is 2.71. The fourth-order valence-corrected chi connectivity index (χ4v) is 5.54. The number of morpholine rings is 1. The number of anilines is 2. The molecule has 1 aliphatic heterocycles. The molecule has 4 heterocycles. The van der Waals surface area contributed by atoms with Crippen molar-refractivity contribution in [1.82, 2.24) is 23.8 Å². The molecule has 0 amide bonds. The maximum absolute atomic E-state index is 8.94. The lowest BCUT2D eigenvalue weighted by Crippen LogP contribution is -2.46. The van der Waals surface area contributed by atoms with Gasteiger partial charge in [-0.05, 0) is 62.7 Å². The van der Waals surface area contributed by atoms with Crippen LogP contribution in [0, 0.1) is 18.3 Å². The topological polar surface area (TPSA) is 101 Å². The van der Waals surface area contributed by atoms with Crippen molar-refractivity contribution >= 4 is 33.5 Å². The van der Waals surface area contributed by atoms with Gasteiger partial charge in [0, 0.05) is 38.3 Å². The van der Waals surface area contributed by atoms with E-state index in [1.54, 1.807) is 0 Å². The Labute approximate surface area is 203 Å². The molecule has 1 saturated carbocycles. The number of aryl methyl sites for hydroxylation is 2. The number of unbranched alkanes of at least 4 members (excludes halogenated alkanes) is 1. The molecular formula is C24H31N7O2S. The normalized spacial score (nSPS) is 21.4. The number of rotatable bonds is 8. The van der Waals surface area contributed by atoms with Gasteiger partial charge in [-0.25, -0.2) is 4.98 Å². The monoisotopic (exact) mass is 481 g/mol. The van der Waals surface area contributed by atoms with Crippen LogP contribution >= 0.6 is 11.5 Å². The van der Waals surface area contributed by atoms with Gasteiger partial charge in [-0.3, -0.25) is 4.90 Å². The van der Waals surface area contributed by atoms with E-state index in [0.29, 0.717) is 24.3 Å². The smallest absolute Gasteiger partial charge is 0.243 e. The molecular weight excluding hydrogens is 450 g/mol. The molecule has 0 spiro atoms. The van der Waals surface area contributed by atoms with Crippen LogP contribution in [0.2, 0.25) is 0 Å². The lowest BCUT2D eigenvalue weighted by molar-refractivity contribution is -0.00127. The van der Waals surface area contributed by atoms with Gasteiger partial charge in [0.05, 0.1) is 30.5 Å². The van der Waals surface area contributed by atoms with Crippen LogP contribution in [-0.2, 0) is 11.3 Å². The van der Waals surface area contributed by atoms with Crippen LogP contribution in [0.1, 0.15) is 44.2 Å². The third kappa shape index (κ3) is 5.32. The summed E-state index contributed by atoms with van der Waals surface area (Å²) in [5, 5.41) is 13.1. The van der Waals surface area contributed by atoms with Crippen molar-refractivity contribution in [2.45, 2.75) is 64.1 Å². The summed E-state index contributed by atoms with van der Waals surface area (Å²) >= 11 is 1.39. The van der Waals surface area contributed by atoms with Crippen LogP contribution in [0.3, 0.4) is 0 Å². The van der Waals surface area contributed by atoms with E-state index in [1.807, 2.05) is 25.3 Å². The Morgan fingerprint density at radius 1 is 1.24 bits per heavy atom. The summed E-state index contributed by atoms with van der Waals surface area (Å²) in [6, 6.07) is 6.83. The van der Waals surface area contributed by atoms with E-state index in [0.717, 1.165) is 86.7 Å². The first-order valence-corrected chi connectivity index (χ1v) is 12.9. The third-order valence-electron chi connectivity index (χ3n) is 6.61. The van der Waals surface area contributed by atoms with E-state index in [4.69, 9.17) is 24.7 Å². The largest absolute Gasteiger partial charge is 0.473 e. The molecule has 1 aliphatic carbocycles. The number of nitrogens with zero attached hydrogens (tertiary/aromatic N) is 6. The molecule has 3 aromatic heterocycles. The van der Waals surface area contributed by atoms with E-state index in [9.17, 15) is 0 Å². The highest BCUT2D eigenvalue weighted by Crippen LogP contribution is 2.32. The molecule has 0 atom stereocenters. The molecule has 0 unspecified atom stereocenters. The van der Waals surface area contributed by atoms with Gasteiger partial charge in [0.1, 0.15) is 16.6 Å². The second kappa shape index (κ2) is 10.7. The van der Waals surface area contributed by atoms with Gasteiger partial charge in [0.2, 0.25) is 11.8 Å². The minimum atomic E-state index is 0.136. The molecule has 2 aliphatic rings. The summed E-state index contributed by atoms with van der Waals surface area (Å²) in [7, 11) is 0. The zero-order valence-electron chi connectivity index (χ0n) is 19.6. The average molecular weight is 482 g/mol. The van der Waals surface area contributed by atoms with Gasteiger partial charge in [0.25, 0.3) is 0 Å². The summed E-state index contributed by atoms with van der Waals surface area (Å²) in [6.07, 6.45) is 7.74. The fourth-order valence-electron chi connectivity index (χ4n) is 4.89. The van der Waals surface area contributed by atoms with Gasteiger partial charge < -0.3 is 19.4 Å². The van der Waals surface area contributed by atoms with Crippen LogP contribution in [0.5, 0.6) is 5.88 Å². The van der Waals surface area contributed by atoms with Crippen molar-refractivity contribution in [3.05, 3.63) is 24.0 Å². The van der Waals surface area contributed by atoms with Crippen LogP contribution < -0.4 is 10.1 Å². The maximum Gasteiger partial charge on any atom is 0.243 e. The Morgan fingerprint density at radius 2 is 2.06 bits per heavy atom. The van der Waals surface area contributed by atoms with Gasteiger partial charge in [0.15, 0.2) is 0 Å². The Morgan fingerprint density at radius 3 is 2.79 bits per heavy atom. The summed E-state index contributed by atoms with van der Waals surface area (Å²) < 4.78 is 18.5. The highest BCUT2D eigenvalue weighted by molar-refractivity contribution is 7.10. The number of aromatic nitrogens is 4. The molecule has 5 rings (SSSR count). The van der Waals surface area contributed by atoms with E-state index < -0.39 is 0 Å². The van der Waals surface area contributed by atoms with Gasteiger partial charge in [-0.1, -0.05) is 0 Å². The Hall–Kier alpha value is -2.74. The highest BCUT2D eigenvalue weighted by atomic mass is 32.1. The number of nitriles is 1. The van der Waals surface area contributed by atoms with Crippen molar-refractivity contribution in [3.63, 3.8) is 0 Å². The number of ether oxygens (including phenoxy) is 2. The first-order chi connectivity index (χ1) is 16.7. The van der Waals surface area contributed by atoms with Crippen LogP contribution in [-0.4, -0.2) is 62.3 Å². The molecule has 9 nitrogen and oxygen atoms in total. The molecule has 34 heavy (non-hydrogen) atoms. The standard InChI is InChI=1S/C24H31N7O2S/c1-17-16-21(34-29-17)27-24-26-20-8-11-31(10-3-2-9-25)22(20)23(28-24)33-19-6-4-18(5-7-19)30-12-14-32-15-13-30/h8,11,16,18-19H,2-7,10,12-15H2,1H3,(H,26,27,28)/t18-,19-. The third-order valence-corrected chi connectivity index (χ3v) is 7.41. The van der Waals surface area contributed by atoms with E-state index in [2.05, 4.69) is 25.2 Å². The van der Waals surface area contributed by atoms with Crippen LogP contribution in [0.15, 0.2) is 18.3 Å². The maximum atomic E-state index is 8.94. The molecule has 1 N–H and O–H groups in total. The van der Waals surface area contributed by atoms with E-state index in [1.165, 1.54) is 11.5 Å². The van der Waals surface area contributed by atoms with Crippen molar-refractivity contribution in [1.29, 1.82) is 5.26 Å². The van der Waals surface area contributed by atoms with Crippen molar-refractivity contribution in [2.24, 2.45) is 0 Å². The lowest BCUT2D eigenvalue weighted by atomic mass is 9.91. The first kappa shape index (κ1) is 23.0. The average Bonchev–Trinajstić information content (AvgIpc) is 3.46. The highest BCUT2D eigenvalue weighted by Gasteiger charge is 2.29. The predicted octanol–water partition coefficient (Wildman–Crippen LogP) is 4.27. The Bertz CT molecular complexity index is 1140. The zero-order chi connectivity index (χ0) is 23.3. The minimum Gasteiger partial charge on any atom is -0.473 e. The molecule has 0 bridgehead atoms. The quantitative estimate of drug-likeness (QED) is 0.476. The second-order valence-electron chi connectivity index (χ2n) is 9.01. The van der Waals surface area contributed by atoms with Gasteiger partial charge >= 0.3 is 0 Å². The van der Waals surface area contributed by atoms with Crippen molar-refractivity contribution in [2.75, 3.05) is 31.6 Å². The van der Waals surface area contributed by atoms with Crippen LogP contribution in [0.25, 0.3) is 11.0 Å². The molecule has 10 heteroatoms. The molecule has 180 valence electrons. The number of nitrogens with one attached hydrogen (secondary N) is 1. The van der Waals surface area contributed by atoms with Gasteiger partial charge in [-0.15, -0.1) is 0 Å². The van der Waals surface area contributed by atoms with Gasteiger partial charge in [-0.2, -0.15) is 14.6 Å². The van der Waals surface area contributed by atoms with E-state index >= 15 is 0 Å².